The number of anilines is 1. The van der Waals surface area contributed by atoms with Crippen LogP contribution in [0.5, 0.6) is 5.75 Å². The van der Waals surface area contributed by atoms with Gasteiger partial charge >= 0.3 is 0 Å². The molecule has 5 rings (SSSR count). The molecule has 2 aromatic rings. The average Bonchev–Trinajstić information content (AvgIpc) is 3.12. The minimum absolute atomic E-state index is 0.173. The Balaban J connectivity index is 1.48. The molecule has 1 saturated carbocycles. The van der Waals surface area contributed by atoms with E-state index in [1.165, 1.54) is 11.1 Å². The summed E-state index contributed by atoms with van der Waals surface area (Å²) in [5.41, 5.74) is 3.26. The van der Waals surface area contributed by atoms with Crippen molar-refractivity contribution < 1.29 is 23.1 Å². The Morgan fingerprint density at radius 1 is 1.23 bits per heavy atom. The fraction of sp³-hybridized carbons (Fsp3) is 0.514. The second-order valence-electron chi connectivity index (χ2n) is 12.8. The number of hydrogen-bond donors (Lipinski definition) is 2. The van der Waals surface area contributed by atoms with Gasteiger partial charge < -0.3 is 14.7 Å². The molecule has 7 nitrogen and oxygen atoms in total. The lowest BCUT2D eigenvalue weighted by molar-refractivity contribution is 0.0178. The second kappa shape index (κ2) is 13.7. The minimum atomic E-state index is -3.87. The molecule has 2 aromatic carbocycles. The Bertz CT molecular complexity index is 1490. The molecular weight excluding hydrogens is 596 g/mol. The van der Waals surface area contributed by atoms with Gasteiger partial charge in [0.15, 0.2) is 0 Å². The number of fused-ring (bicyclic) bond motifs is 3. The third-order valence-corrected chi connectivity index (χ3v) is 12.1. The highest BCUT2D eigenvalue weighted by atomic mass is 35.5. The van der Waals surface area contributed by atoms with E-state index in [4.69, 9.17) is 16.3 Å². The number of aliphatic hydroxyl groups is 1. The van der Waals surface area contributed by atoms with Crippen LogP contribution in [0.1, 0.15) is 79.8 Å². The topological polar surface area (TPSA) is 95.9 Å². The fourth-order valence-corrected chi connectivity index (χ4v) is 8.99. The average molecular weight is 641 g/mol. The van der Waals surface area contributed by atoms with E-state index >= 15 is 0 Å². The first-order chi connectivity index (χ1) is 21.1. The number of aliphatic hydroxyl groups excluding tert-OH is 1. The fourth-order valence-electron chi connectivity index (χ4n) is 7.37. The number of aryl methyl sites for hydroxylation is 1. The summed E-state index contributed by atoms with van der Waals surface area (Å²) < 4.78 is 35.1. The zero-order valence-corrected chi connectivity index (χ0v) is 27.2. The molecule has 3 aliphatic rings. The molecule has 5 atom stereocenters. The first kappa shape index (κ1) is 32.6. The minimum Gasteiger partial charge on any atom is -0.490 e. The van der Waals surface area contributed by atoms with E-state index in [1.54, 1.807) is 30.4 Å². The van der Waals surface area contributed by atoms with Crippen LogP contribution in [0.4, 0.5) is 5.69 Å². The smallest absolute Gasteiger partial charge is 0.264 e. The van der Waals surface area contributed by atoms with E-state index in [0.29, 0.717) is 51.1 Å². The molecule has 1 spiro atoms. The van der Waals surface area contributed by atoms with Crippen LogP contribution in [0.2, 0.25) is 5.02 Å². The highest BCUT2D eigenvalue weighted by Gasteiger charge is 2.44. The molecule has 44 heavy (non-hydrogen) atoms. The van der Waals surface area contributed by atoms with Gasteiger partial charge in [-0.2, -0.15) is 0 Å². The Morgan fingerprint density at radius 2 is 2.05 bits per heavy atom. The molecule has 0 bridgehead atoms. The highest BCUT2D eigenvalue weighted by molar-refractivity contribution is 7.90. The quantitative estimate of drug-likeness (QED) is 0.255. The number of nitrogens with one attached hydrogen (secondary N) is 1. The summed E-state index contributed by atoms with van der Waals surface area (Å²) in [6.07, 6.45) is 9.85. The van der Waals surface area contributed by atoms with Crippen LogP contribution in [0.15, 0.2) is 61.7 Å². The molecule has 9 heteroatoms. The van der Waals surface area contributed by atoms with Crippen LogP contribution in [0.25, 0.3) is 0 Å². The first-order valence-electron chi connectivity index (χ1n) is 15.9. The number of sulfonamides is 1. The molecule has 1 aliphatic heterocycles. The lowest BCUT2D eigenvalue weighted by Crippen LogP contribution is -2.49. The molecule has 2 aliphatic carbocycles. The number of ether oxygens (including phenoxy) is 1. The van der Waals surface area contributed by atoms with Crippen LogP contribution >= 0.6 is 11.6 Å². The van der Waals surface area contributed by atoms with Gasteiger partial charge in [-0.3, -0.25) is 4.79 Å². The lowest BCUT2D eigenvalue weighted by atomic mass is 9.68. The number of carbonyl (C=O) groups is 1. The number of hydrogen-bond acceptors (Lipinski definition) is 6. The highest BCUT2D eigenvalue weighted by Crippen LogP contribution is 2.46. The van der Waals surface area contributed by atoms with Crippen molar-refractivity contribution in [3.8, 4) is 5.75 Å². The zero-order chi connectivity index (χ0) is 31.5. The van der Waals surface area contributed by atoms with Crippen molar-refractivity contribution >= 4 is 33.2 Å². The summed E-state index contributed by atoms with van der Waals surface area (Å²) in [7, 11) is -3.87. The predicted molar refractivity (Wildman–Crippen MR) is 177 cm³/mol. The first-order valence-corrected chi connectivity index (χ1v) is 17.8. The van der Waals surface area contributed by atoms with Gasteiger partial charge in [0.05, 0.1) is 23.6 Å². The molecule has 238 valence electrons. The van der Waals surface area contributed by atoms with E-state index in [9.17, 15) is 18.3 Å². The zero-order valence-electron chi connectivity index (χ0n) is 25.6. The predicted octanol–water partition coefficient (Wildman–Crippen LogP) is 6.58. The van der Waals surface area contributed by atoms with Crippen LogP contribution in [-0.2, 0) is 21.9 Å². The molecule has 0 aromatic heterocycles. The van der Waals surface area contributed by atoms with Crippen molar-refractivity contribution in [1.82, 2.24) is 4.72 Å². The monoisotopic (exact) mass is 640 g/mol. The molecular formula is C35H45ClN2O5S. The maximum atomic E-state index is 13.4. The van der Waals surface area contributed by atoms with Crippen LogP contribution < -0.4 is 14.4 Å². The van der Waals surface area contributed by atoms with Crippen molar-refractivity contribution in [2.45, 2.75) is 81.5 Å². The Kier molecular flexibility index (Phi) is 10.1. The van der Waals surface area contributed by atoms with Crippen molar-refractivity contribution in [2.75, 3.05) is 24.6 Å². The van der Waals surface area contributed by atoms with Gasteiger partial charge in [-0.25, -0.2) is 13.1 Å². The van der Waals surface area contributed by atoms with E-state index in [2.05, 4.69) is 34.9 Å². The summed E-state index contributed by atoms with van der Waals surface area (Å²) in [6, 6.07) is 11.3. The lowest BCUT2D eigenvalue weighted by Gasteiger charge is -2.45. The van der Waals surface area contributed by atoms with Gasteiger partial charge in [0.1, 0.15) is 5.75 Å². The summed E-state index contributed by atoms with van der Waals surface area (Å²) in [4.78, 5) is 15.7. The Labute approximate surface area is 267 Å². The third kappa shape index (κ3) is 6.73. The van der Waals surface area contributed by atoms with E-state index in [1.807, 2.05) is 13.0 Å². The molecule has 1 fully saturated rings. The van der Waals surface area contributed by atoms with Crippen molar-refractivity contribution in [3.63, 3.8) is 0 Å². The summed E-state index contributed by atoms with van der Waals surface area (Å²) in [5.74, 6) is 0.466. The molecule has 1 heterocycles. The van der Waals surface area contributed by atoms with Crippen molar-refractivity contribution in [2.24, 2.45) is 11.8 Å². The number of halogens is 1. The summed E-state index contributed by atoms with van der Waals surface area (Å²) in [5, 5.41) is 10.9. The van der Waals surface area contributed by atoms with E-state index in [0.717, 1.165) is 42.8 Å². The second-order valence-corrected chi connectivity index (χ2v) is 15.1. The number of amides is 1. The van der Waals surface area contributed by atoms with Gasteiger partial charge in [0.2, 0.25) is 10.0 Å². The maximum absolute atomic E-state index is 13.4. The SMILES string of the molecule is C=CCC[C@@H](CC)S(=O)(=O)NC(=O)c1ccc2c(c1)N(C[C@@H]1CC[C@H]1[C@@H](O)CC=C)C[C@@]1(CCCc3cc(Cl)ccc31)CO2. The number of allylic oxidation sites excluding steroid dienone is 1. The number of rotatable bonds is 12. The van der Waals surface area contributed by atoms with Crippen molar-refractivity contribution in [1.29, 1.82) is 0 Å². The van der Waals surface area contributed by atoms with Crippen LogP contribution in [-0.4, -0.2) is 50.5 Å². The van der Waals surface area contributed by atoms with Gasteiger partial charge in [-0.15, -0.1) is 13.2 Å². The van der Waals surface area contributed by atoms with E-state index < -0.39 is 27.3 Å². The maximum Gasteiger partial charge on any atom is 0.264 e. The van der Waals surface area contributed by atoms with Crippen LogP contribution in [0.3, 0.4) is 0 Å². The largest absolute Gasteiger partial charge is 0.490 e. The number of carbonyl (C=O) groups excluding carboxylic acids is 1. The molecule has 1 amide bonds. The third-order valence-electron chi connectivity index (χ3n) is 9.95. The number of nitrogens with zero attached hydrogens (tertiary/aromatic N) is 1. The Hall–Kier alpha value is -2.81. The Morgan fingerprint density at radius 3 is 2.75 bits per heavy atom. The number of benzene rings is 2. The molecule has 0 radical (unpaired) electrons. The summed E-state index contributed by atoms with van der Waals surface area (Å²) >= 11 is 6.39. The van der Waals surface area contributed by atoms with Gasteiger partial charge in [-0.05, 0) is 111 Å². The standard InChI is InChI=1S/C35H45ClN2O5S/c1-4-7-11-28(6-3)44(41,42)37-34(40)25-13-17-33-31(20-25)38(21-26-12-15-29(26)32(39)9-5-2)22-35(23-43-33)18-8-10-24-19-27(36)14-16-30(24)35/h4-5,13-14,16-17,19-20,26,28-29,32,39H,1-2,6-12,15,18,21-23H2,3H3,(H,37,40)/t26-,28+,29+,32-,35-/m0/s1. The summed E-state index contributed by atoms with van der Waals surface area (Å²) in [6.45, 7) is 11.2. The van der Waals surface area contributed by atoms with E-state index in [-0.39, 0.29) is 22.8 Å². The van der Waals surface area contributed by atoms with Crippen molar-refractivity contribution in [3.05, 3.63) is 83.4 Å². The molecule has 0 saturated heterocycles. The van der Waals surface area contributed by atoms with Gasteiger partial charge in [-0.1, -0.05) is 36.7 Å². The molecule has 2 N–H and O–H groups in total. The van der Waals surface area contributed by atoms with Crippen LogP contribution in [0, 0.1) is 11.8 Å². The van der Waals surface area contributed by atoms with Gasteiger partial charge in [0.25, 0.3) is 5.91 Å². The van der Waals surface area contributed by atoms with Gasteiger partial charge in [0, 0.05) is 29.1 Å². The normalized spacial score (nSPS) is 24.1. The molecule has 0 unspecified atom stereocenters.